The van der Waals surface area contributed by atoms with Crippen LogP contribution in [0.5, 0.6) is 0 Å². The van der Waals surface area contributed by atoms with E-state index in [2.05, 4.69) is 52.7 Å². The number of aromatic nitrogens is 4. The van der Waals surface area contributed by atoms with Crippen molar-refractivity contribution in [3.05, 3.63) is 119 Å². The monoisotopic (exact) mass is 612 g/mol. The van der Waals surface area contributed by atoms with Gasteiger partial charge in [0.05, 0.1) is 0 Å². The van der Waals surface area contributed by atoms with E-state index in [1.54, 1.807) is 49.1 Å². The molecule has 1 aliphatic rings. The van der Waals surface area contributed by atoms with Gasteiger partial charge in [0.2, 0.25) is 0 Å². The Morgan fingerprint density at radius 3 is 1.76 bits per heavy atom. The van der Waals surface area contributed by atoms with Crippen LogP contribution in [-0.4, -0.2) is 60.5 Å². The highest BCUT2D eigenvalue weighted by Gasteiger charge is 2.15. The van der Waals surface area contributed by atoms with Crippen molar-refractivity contribution in [2.45, 2.75) is 25.7 Å². The molecule has 1 aliphatic heterocycles. The first-order valence-corrected chi connectivity index (χ1v) is 13.4. The lowest BCUT2D eigenvalue weighted by molar-refractivity contribution is 0.288. The van der Waals surface area contributed by atoms with Crippen LogP contribution in [0.1, 0.15) is 46.7 Å². The van der Waals surface area contributed by atoms with E-state index in [-0.39, 0.29) is 18.7 Å². The van der Waals surface area contributed by atoms with Crippen LogP contribution < -0.4 is 22.5 Å². The van der Waals surface area contributed by atoms with Gasteiger partial charge in [-0.05, 0) is 73.2 Å². The first-order valence-electron chi connectivity index (χ1n) is 13.4. The molecule has 0 saturated heterocycles. The van der Waals surface area contributed by atoms with Crippen molar-refractivity contribution >= 4 is 11.7 Å². The van der Waals surface area contributed by atoms with Crippen molar-refractivity contribution in [3.8, 4) is 12.1 Å². The van der Waals surface area contributed by atoms with Gasteiger partial charge in [-0.1, -0.05) is 24.3 Å². The number of nitrogens with zero attached hydrogens (tertiary/aromatic N) is 8. The molecular formula is C30H36N12O3. The SMILES string of the molecule is N#Cc1ccccn1.N#Cc1ncccc1CCCO.NN.O.OCCCc1cccnc1C1=NNC(c2ccccn2)=NN1. The van der Waals surface area contributed by atoms with E-state index in [9.17, 15) is 0 Å². The van der Waals surface area contributed by atoms with Crippen LogP contribution in [0.2, 0.25) is 0 Å². The number of nitrogens with two attached hydrogens (primary N) is 2. The average Bonchev–Trinajstić information content (AvgIpc) is 3.12. The van der Waals surface area contributed by atoms with Gasteiger partial charge in [-0.3, -0.25) is 32.5 Å². The van der Waals surface area contributed by atoms with Gasteiger partial charge < -0.3 is 15.7 Å². The minimum Gasteiger partial charge on any atom is -0.412 e. The molecule has 0 spiro atoms. The van der Waals surface area contributed by atoms with Crippen molar-refractivity contribution in [3.63, 3.8) is 0 Å². The van der Waals surface area contributed by atoms with Crippen LogP contribution in [0, 0.1) is 22.7 Å². The van der Waals surface area contributed by atoms with Crippen molar-refractivity contribution in [1.29, 1.82) is 10.5 Å². The van der Waals surface area contributed by atoms with Gasteiger partial charge in [0.15, 0.2) is 11.7 Å². The summed E-state index contributed by atoms with van der Waals surface area (Å²) in [5.74, 6) is 9.10. The first-order chi connectivity index (χ1) is 21.7. The standard InChI is InChI=1S/C15H16N6O.C9H10N2O.C6H4N2.H4N2.H2O/c22-10-4-6-11-5-3-9-17-13(11)15-20-18-14(19-21-15)12-7-1-2-8-16-12;10-7-9-8(4-2-6-12)3-1-5-11-9;7-5-6-3-1-2-4-8-6;1-2;/h1-3,5,7-9,22H,4,6,10H2,(H,18,19)(H,20,21);1,3,5,12H,2,4,6H2;1-4H;1-2H2;1H2. The topological polar surface area (TPSA) is 272 Å². The zero-order valence-electron chi connectivity index (χ0n) is 24.5. The quantitative estimate of drug-likeness (QED) is 0.117. The van der Waals surface area contributed by atoms with Gasteiger partial charge in [-0.25, -0.2) is 9.97 Å². The largest absolute Gasteiger partial charge is 0.412 e. The fraction of sp³-hybridized carbons (Fsp3) is 0.200. The van der Waals surface area contributed by atoms with Gasteiger partial charge in [0.1, 0.15) is 34.9 Å². The van der Waals surface area contributed by atoms with Crippen LogP contribution in [0.25, 0.3) is 0 Å². The Kier molecular flexibility index (Phi) is 19.0. The predicted octanol–water partition coefficient (Wildman–Crippen LogP) is 0.443. The highest BCUT2D eigenvalue weighted by Crippen LogP contribution is 2.10. The number of nitrogens with one attached hydrogen (secondary N) is 2. The number of rotatable bonds is 8. The van der Waals surface area contributed by atoms with Crippen LogP contribution in [0.15, 0.2) is 95.7 Å². The van der Waals surface area contributed by atoms with E-state index >= 15 is 0 Å². The lowest BCUT2D eigenvalue weighted by Crippen LogP contribution is -2.35. The molecule has 15 nitrogen and oxygen atoms in total. The van der Waals surface area contributed by atoms with Crippen LogP contribution in [0.4, 0.5) is 0 Å². The molecule has 45 heavy (non-hydrogen) atoms. The number of hydrazine groups is 1. The Bertz CT molecular complexity index is 1540. The maximum absolute atomic E-state index is 8.98. The van der Waals surface area contributed by atoms with E-state index in [0.29, 0.717) is 48.0 Å². The molecule has 4 aromatic rings. The molecule has 0 atom stereocenters. The third-order valence-electron chi connectivity index (χ3n) is 5.56. The third kappa shape index (κ3) is 13.0. The number of hydrogen-bond donors (Lipinski definition) is 6. The van der Waals surface area contributed by atoms with Gasteiger partial charge in [-0.2, -0.15) is 20.7 Å². The van der Waals surface area contributed by atoms with Gasteiger partial charge in [0, 0.05) is 38.0 Å². The maximum atomic E-state index is 8.98. The summed E-state index contributed by atoms with van der Waals surface area (Å²) in [6, 6.07) is 22.2. The van der Waals surface area contributed by atoms with Crippen LogP contribution in [-0.2, 0) is 12.8 Å². The van der Waals surface area contributed by atoms with Crippen LogP contribution >= 0.6 is 0 Å². The molecule has 0 radical (unpaired) electrons. The summed E-state index contributed by atoms with van der Waals surface area (Å²) in [5, 5.41) is 43.0. The molecule has 5 rings (SSSR count). The second-order valence-electron chi connectivity index (χ2n) is 8.47. The number of amidine groups is 2. The molecule has 10 N–H and O–H groups in total. The normalized spacial score (nSPS) is 10.7. The molecule has 0 aliphatic carbocycles. The lowest BCUT2D eigenvalue weighted by Gasteiger charge is -2.15. The summed E-state index contributed by atoms with van der Waals surface area (Å²) in [5.41, 5.74) is 10.1. The lowest BCUT2D eigenvalue weighted by atomic mass is 10.1. The van der Waals surface area contributed by atoms with Crippen molar-refractivity contribution < 1.29 is 15.7 Å². The van der Waals surface area contributed by atoms with E-state index in [1.165, 1.54) is 0 Å². The molecule has 0 unspecified atom stereocenters. The zero-order chi connectivity index (χ0) is 31.8. The number of pyridine rings is 4. The minimum absolute atomic E-state index is 0. The zero-order valence-corrected chi connectivity index (χ0v) is 24.5. The van der Waals surface area contributed by atoms with E-state index in [4.69, 9.17) is 20.7 Å². The van der Waals surface area contributed by atoms with Crippen LogP contribution in [0.3, 0.4) is 0 Å². The fourth-order valence-corrected chi connectivity index (χ4v) is 3.55. The Balaban J connectivity index is 0.000000370. The van der Waals surface area contributed by atoms with E-state index < -0.39 is 0 Å². The Labute approximate surface area is 260 Å². The second kappa shape index (κ2) is 22.9. The number of aryl methyl sites for hydroxylation is 2. The summed E-state index contributed by atoms with van der Waals surface area (Å²) in [6.45, 7) is 0.300. The molecule has 0 fully saturated rings. The molecule has 0 bridgehead atoms. The highest BCUT2D eigenvalue weighted by molar-refractivity contribution is 6.04. The molecule has 0 aromatic carbocycles. The Morgan fingerprint density at radius 2 is 1.22 bits per heavy atom. The Hall–Kier alpha value is -5.68. The van der Waals surface area contributed by atoms with Crippen molar-refractivity contribution in [2.24, 2.45) is 21.9 Å². The van der Waals surface area contributed by atoms with Crippen molar-refractivity contribution in [1.82, 2.24) is 30.8 Å². The maximum Gasteiger partial charge on any atom is 0.192 e. The number of aliphatic hydroxyl groups excluding tert-OH is 2. The highest BCUT2D eigenvalue weighted by atomic mass is 16.3. The molecule has 0 saturated carbocycles. The second-order valence-corrected chi connectivity index (χ2v) is 8.47. The molecule has 4 aromatic heterocycles. The summed E-state index contributed by atoms with van der Waals surface area (Å²) < 4.78 is 0. The smallest absolute Gasteiger partial charge is 0.192 e. The summed E-state index contributed by atoms with van der Waals surface area (Å²) in [6.07, 6.45) is 9.41. The van der Waals surface area contributed by atoms with E-state index in [1.807, 2.05) is 48.5 Å². The molecule has 0 amide bonds. The molecular weight excluding hydrogens is 576 g/mol. The number of nitriles is 2. The molecule has 5 heterocycles. The predicted molar refractivity (Wildman–Crippen MR) is 169 cm³/mol. The fourth-order valence-electron chi connectivity index (χ4n) is 3.55. The molecule has 234 valence electrons. The first kappa shape index (κ1) is 37.3. The molecule has 15 heteroatoms. The van der Waals surface area contributed by atoms with Gasteiger partial charge >= 0.3 is 0 Å². The average molecular weight is 613 g/mol. The summed E-state index contributed by atoms with van der Waals surface area (Å²) in [7, 11) is 0. The van der Waals surface area contributed by atoms with Gasteiger partial charge in [-0.15, -0.1) is 0 Å². The minimum atomic E-state index is 0. The summed E-state index contributed by atoms with van der Waals surface area (Å²) in [4.78, 5) is 16.2. The number of hydrazone groups is 2. The van der Waals surface area contributed by atoms with Crippen molar-refractivity contribution in [2.75, 3.05) is 13.2 Å². The van der Waals surface area contributed by atoms with E-state index in [0.717, 1.165) is 23.2 Å². The number of hydrogen-bond acceptors (Lipinski definition) is 14. The Morgan fingerprint density at radius 1 is 0.644 bits per heavy atom. The third-order valence-corrected chi connectivity index (χ3v) is 5.56. The van der Waals surface area contributed by atoms with Gasteiger partial charge in [0.25, 0.3) is 0 Å². The summed E-state index contributed by atoms with van der Waals surface area (Å²) >= 11 is 0. The number of aliphatic hydroxyl groups is 2.